The van der Waals surface area contributed by atoms with Gasteiger partial charge in [-0.05, 0) is 51.3 Å². The van der Waals surface area contributed by atoms with Gasteiger partial charge in [-0.15, -0.1) is 0 Å². The summed E-state index contributed by atoms with van der Waals surface area (Å²) in [5, 5.41) is 2.82. The Balaban J connectivity index is 1.54. The third-order valence-corrected chi connectivity index (χ3v) is 7.14. The van der Waals surface area contributed by atoms with Crippen LogP contribution in [0.5, 0.6) is 0 Å². The highest BCUT2D eigenvalue weighted by atomic mass is 32.2. The molecule has 0 spiro atoms. The van der Waals surface area contributed by atoms with E-state index in [0.717, 1.165) is 13.0 Å². The average molecular weight is 495 g/mol. The molecule has 1 aromatic heterocycles. The molecule has 10 heteroatoms. The number of carbonyl (C=O) groups excluding carboxylic acids is 3. The molecule has 2 N–H and O–H groups in total. The van der Waals surface area contributed by atoms with Gasteiger partial charge in [-0.1, -0.05) is 24.3 Å². The summed E-state index contributed by atoms with van der Waals surface area (Å²) >= 11 is 0. The smallest absolute Gasteiger partial charge is 0.267 e. The molecule has 2 aromatic carbocycles. The summed E-state index contributed by atoms with van der Waals surface area (Å²) in [4.78, 5) is 40.1. The summed E-state index contributed by atoms with van der Waals surface area (Å²) in [6.45, 7) is 1.33. The van der Waals surface area contributed by atoms with Gasteiger partial charge in [-0.3, -0.25) is 19.1 Å². The van der Waals surface area contributed by atoms with Gasteiger partial charge in [0.25, 0.3) is 15.9 Å². The second-order valence-corrected chi connectivity index (χ2v) is 10.3. The van der Waals surface area contributed by atoms with Crippen LogP contribution in [0.25, 0.3) is 0 Å². The van der Waals surface area contributed by atoms with Gasteiger partial charge in [-0.25, -0.2) is 8.42 Å². The van der Waals surface area contributed by atoms with Crippen LogP contribution in [0.1, 0.15) is 48.8 Å². The zero-order valence-electron chi connectivity index (χ0n) is 19.7. The number of carbonyl (C=O) groups is 3. The second-order valence-electron chi connectivity index (χ2n) is 8.65. The lowest BCUT2D eigenvalue weighted by Crippen LogP contribution is -2.28. The summed E-state index contributed by atoms with van der Waals surface area (Å²) in [6, 6.07) is 11.8. The number of aromatic nitrogens is 1. The fraction of sp³-hybridized carbons (Fsp3) is 0.240. The molecule has 1 amide bonds. The van der Waals surface area contributed by atoms with E-state index in [1.807, 2.05) is 19.0 Å². The number of hydrogen-bond donors (Lipinski definition) is 2. The molecule has 1 aliphatic rings. The van der Waals surface area contributed by atoms with Gasteiger partial charge >= 0.3 is 0 Å². The normalized spacial score (nSPS) is 12.9. The lowest BCUT2D eigenvalue weighted by molar-refractivity contribution is 0.0943. The minimum absolute atomic E-state index is 0.0439. The SMILES string of the molecule is CN(C)CCCNC(=O)c1cc(NS(=O)(=O)c2ccc3c(c2)C(=O)c2ccccc2C3=O)cn1C. The Morgan fingerprint density at radius 2 is 1.57 bits per heavy atom. The van der Waals surface area contributed by atoms with Gasteiger partial charge in [0.15, 0.2) is 11.6 Å². The molecule has 0 saturated carbocycles. The standard InChI is InChI=1S/C25H26N4O5S/c1-28(2)12-6-11-26-25(32)22-13-16(15-29(22)3)27-35(33,34)17-9-10-20-21(14-17)24(31)19-8-5-4-7-18(19)23(20)30/h4-5,7-10,13-15,27H,6,11-12H2,1-3H3,(H,26,32). The van der Waals surface area contributed by atoms with Crippen molar-refractivity contribution in [3.05, 3.63) is 82.7 Å². The molecule has 0 unspecified atom stereocenters. The van der Waals surface area contributed by atoms with Crippen molar-refractivity contribution in [3.63, 3.8) is 0 Å². The molecule has 182 valence electrons. The first kappa shape index (κ1) is 24.4. The molecule has 9 nitrogen and oxygen atoms in total. The van der Waals surface area contributed by atoms with Crippen molar-refractivity contribution in [2.24, 2.45) is 7.05 Å². The summed E-state index contributed by atoms with van der Waals surface area (Å²) < 4.78 is 30.1. The number of sulfonamides is 1. The molecule has 0 aliphatic heterocycles. The van der Waals surface area contributed by atoms with Crippen molar-refractivity contribution in [2.75, 3.05) is 31.9 Å². The summed E-state index contributed by atoms with van der Waals surface area (Å²) in [5.74, 6) is -1.04. The van der Waals surface area contributed by atoms with Gasteiger partial charge in [-0.2, -0.15) is 0 Å². The van der Waals surface area contributed by atoms with Crippen LogP contribution in [0.2, 0.25) is 0 Å². The minimum atomic E-state index is -4.09. The highest BCUT2D eigenvalue weighted by molar-refractivity contribution is 7.92. The monoisotopic (exact) mass is 494 g/mol. The van der Waals surface area contributed by atoms with E-state index in [-0.39, 0.29) is 39.0 Å². The summed E-state index contributed by atoms with van der Waals surface area (Å²) in [7, 11) is 1.46. The summed E-state index contributed by atoms with van der Waals surface area (Å²) in [5.41, 5.74) is 1.27. The van der Waals surface area contributed by atoms with Crippen molar-refractivity contribution in [2.45, 2.75) is 11.3 Å². The first-order chi connectivity index (χ1) is 16.6. The predicted molar refractivity (Wildman–Crippen MR) is 131 cm³/mol. The van der Waals surface area contributed by atoms with E-state index in [1.54, 1.807) is 31.3 Å². The molecule has 35 heavy (non-hydrogen) atoms. The molecule has 0 atom stereocenters. The van der Waals surface area contributed by atoms with Gasteiger partial charge in [0, 0.05) is 42.0 Å². The van der Waals surface area contributed by atoms with Crippen LogP contribution < -0.4 is 10.0 Å². The van der Waals surface area contributed by atoms with Crippen LogP contribution in [0.3, 0.4) is 0 Å². The molecule has 0 saturated heterocycles. The number of hydrogen-bond acceptors (Lipinski definition) is 6. The van der Waals surface area contributed by atoms with E-state index < -0.39 is 15.8 Å². The minimum Gasteiger partial charge on any atom is -0.351 e. The van der Waals surface area contributed by atoms with Crippen LogP contribution in [0.15, 0.2) is 59.6 Å². The fourth-order valence-corrected chi connectivity index (χ4v) is 5.05. The largest absolute Gasteiger partial charge is 0.351 e. The van der Waals surface area contributed by atoms with E-state index in [2.05, 4.69) is 10.0 Å². The maximum Gasteiger partial charge on any atom is 0.267 e. The van der Waals surface area contributed by atoms with Crippen molar-refractivity contribution in [1.82, 2.24) is 14.8 Å². The predicted octanol–water partition coefficient (Wildman–Crippen LogP) is 2.28. The highest BCUT2D eigenvalue weighted by Crippen LogP contribution is 2.29. The molecular weight excluding hydrogens is 468 g/mol. The van der Waals surface area contributed by atoms with Crippen molar-refractivity contribution >= 4 is 33.2 Å². The molecule has 4 rings (SSSR count). The Hall–Kier alpha value is -3.76. The van der Waals surface area contributed by atoms with Gasteiger partial charge in [0.05, 0.1) is 10.6 Å². The molecule has 3 aromatic rings. The Morgan fingerprint density at radius 1 is 0.943 bits per heavy atom. The number of rotatable bonds is 8. The van der Waals surface area contributed by atoms with E-state index in [9.17, 15) is 22.8 Å². The average Bonchev–Trinajstić information content (AvgIpc) is 3.18. The van der Waals surface area contributed by atoms with Crippen LogP contribution in [-0.2, 0) is 17.1 Å². The number of anilines is 1. The van der Waals surface area contributed by atoms with E-state index in [0.29, 0.717) is 17.8 Å². The topological polar surface area (TPSA) is 118 Å². The van der Waals surface area contributed by atoms with E-state index >= 15 is 0 Å². The molecule has 1 aliphatic carbocycles. The number of nitrogens with zero attached hydrogens (tertiary/aromatic N) is 2. The Kier molecular flexibility index (Phi) is 6.60. The number of ketones is 2. The molecule has 1 heterocycles. The molecular formula is C25H26N4O5S. The molecule has 0 fully saturated rings. The van der Waals surface area contributed by atoms with E-state index in [4.69, 9.17) is 0 Å². The first-order valence-electron chi connectivity index (χ1n) is 11.0. The van der Waals surface area contributed by atoms with E-state index in [1.165, 1.54) is 35.0 Å². The lowest BCUT2D eigenvalue weighted by Gasteiger charge is -2.18. The highest BCUT2D eigenvalue weighted by Gasteiger charge is 2.31. The zero-order valence-corrected chi connectivity index (χ0v) is 20.5. The van der Waals surface area contributed by atoms with Crippen molar-refractivity contribution in [1.29, 1.82) is 0 Å². The number of fused-ring (bicyclic) bond motifs is 2. The van der Waals surface area contributed by atoms with Crippen LogP contribution in [0.4, 0.5) is 5.69 Å². The maximum absolute atomic E-state index is 13.1. The van der Waals surface area contributed by atoms with Crippen LogP contribution in [0, 0.1) is 0 Å². The number of benzene rings is 2. The van der Waals surface area contributed by atoms with Crippen molar-refractivity contribution in [3.8, 4) is 0 Å². The Bertz CT molecular complexity index is 1440. The maximum atomic E-state index is 13.1. The third-order valence-electron chi connectivity index (χ3n) is 5.76. The molecule has 0 bridgehead atoms. The van der Waals surface area contributed by atoms with Gasteiger partial charge in [0.1, 0.15) is 5.69 Å². The van der Waals surface area contributed by atoms with Crippen LogP contribution in [-0.4, -0.2) is 62.5 Å². The fourth-order valence-electron chi connectivity index (χ4n) is 3.99. The summed E-state index contributed by atoms with van der Waals surface area (Å²) in [6.07, 6.45) is 2.28. The quantitative estimate of drug-likeness (QED) is 0.363. The third kappa shape index (κ3) is 4.89. The van der Waals surface area contributed by atoms with Gasteiger partial charge < -0.3 is 14.8 Å². The Morgan fingerprint density at radius 3 is 2.23 bits per heavy atom. The first-order valence-corrected chi connectivity index (χ1v) is 12.5. The number of aryl methyl sites for hydroxylation is 1. The second kappa shape index (κ2) is 9.47. The van der Waals surface area contributed by atoms with Gasteiger partial charge in [0.2, 0.25) is 0 Å². The lowest BCUT2D eigenvalue weighted by atomic mass is 9.84. The Labute approximate surface area is 203 Å². The molecule has 0 radical (unpaired) electrons. The zero-order chi connectivity index (χ0) is 25.3. The number of amides is 1. The van der Waals surface area contributed by atoms with Crippen molar-refractivity contribution < 1.29 is 22.8 Å². The number of nitrogens with one attached hydrogen (secondary N) is 2. The van der Waals surface area contributed by atoms with Crippen LogP contribution >= 0.6 is 0 Å².